The van der Waals surface area contributed by atoms with Crippen LogP contribution in [-0.4, -0.2) is 35.7 Å². The second kappa shape index (κ2) is 7.41. The van der Waals surface area contributed by atoms with E-state index < -0.39 is 30.8 Å². The van der Waals surface area contributed by atoms with Gasteiger partial charge < -0.3 is 15.7 Å². The van der Waals surface area contributed by atoms with Crippen molar-refractivity contribution in [2.24, 2.45) is 0 Å². The Bertz CT molecular complexity index is 477. The number of alkyl halides is 3. The molecule has 1 aromatic heterocycles. The fourth-order valence-electron chi connectivity index (χ4n) is 1.54. The van der Waals surface area contributed by atoms with Crippen molar-refractivity contribution in [2.45, 2.75) is 31.7 Å². The number of nitrogens with one attached hydrogen (secondary N) is 2. The Balaban J connectivity index is 2.55. The lowest BCUT2D eigenvalue weighted by Crippen LogP contribution is -2.41. The summed E-state index contributed by atoms with van der Waals surface area (Å²) in [6.07, 6.45) is -7.59. The fraction of sp³-hybridized carbons (Fsp3) is 0.500. The SMILES string of the molecule is CC(=O)NC(CC(=O)NCC(O)C(F)(F)F)c1cccs1. The molecule has 2 atom stereocenters. The minimum atomic E-state index is -4.78. The maximum absolute atomic E-state index is 12.1. The fourth-order valence-corrected chi connectivity index (χ4v) is 2.32. The molecule has 1 heterocycles. The largest absolute Gasteiger partial charge is 0.416 e. The number of thiophene rings is 1. The van der Waals surface area contributed by atoms with Gasteiger partial charge in [-0.2, -0.15) is 13.2 Å². The molecule has 9 heteroatoms. The van der Waals surface area contributed by atoms with E-state index in [4.69, 9.17) is 5.11 Å². The maximum atomic E-state index is 12.1. The summed E-state index contributed by atoms with van der Waals surface area (Å²) in [4.78, 5) is 23.4. The van der Waals surface area contributed by atoms with E-state index >= 15 is 0 Å². The summed E-state index contributed by atoms with van der Waals surface area (Å²) in [7, 11) is 0. The summed E-state index contributed by atoms with van der Waals surface area (Å²) in [6.45, 7) is 0.367. The molecular weight excluding hydrogens is 309 g/mol. The van der Waals surface area contributed by atoms with E-state index in [-0.39, 0.29) is 12.3 Å². The highest BCUT2D eigenvalue weighted by atomic mass is 32.1. The Morgan fingerprint density at radius 3 is 2.57 bits per heavy atom. The van der Waals surface area contributed by atoms with Crippen molar-refractivity contribution in [3.8, 4) is 0 Å². The monoisotopic (exact) mass is 324 g/mol. The van der Waals surface area contributed by atoms with Crippen molar-refractivity contribution in [3.63, 3.8) is 0 Å². The molecule has 0 aliphatic rings. The van der Waals surface area contributed by atoms with Crippen LogP contribution in [-0.2, 0) is 9.59 Å². The molecule has 0 bridgehead atoms. The van der Waals surface area contributed by atoms with Crippen molar-refractivity contribution in [2.75, 3.05) is 6.54 Å². The molecule has 0 fully saturated rings. The number of rotatable bonds is 6. The number of aliphatic hydroxyl groups excluding tert-OH is 1. The highest BCUT2D eigenvalue weighted by Gasteiger charge is 2.38. The number of hydrogen-bond donors (Lipinski definition) is 3. The van der Waals surface area contributed by atoms with Crippen LogP contribution in [0.15, 0.2) is 17.5 Å². The predicted octanol–water partition coefficient (Wildman–Crippen LogP) is 1.35. The molecule has 2 unspecified atom stereocenters. The molecule has 0 saturated heterocycles. The zero-order chi connectivity index (χ0) is 16.0. The van der Waals surface area contributed by atoms with Crippen molar-refractivity contribution in [1.29, 1.82) is 0 Å². The molecule has 0 aliphatic carbocycles. The van der Waals surface area contributed by atoms with Gasteiger partial charge in [0.25, 0.3) is 0 Å². The minimum absolute atomic E-state index is 0.204. The van der Waals surface area contributed by atoms with E-state index in [2.05, 4.69) is 5.32 Å². The predicted molar refractivity (Wildman–Crippen MR) is 70.6 cm³/mol. The number of carbonyl (C=O) groups is 2. The highest BCUT2D eigenvalue weighted by molar-refractivity contribution is 7.10. The molecule has 118 valence electrons. The van der Waals surface area contributed by atoms with Gasteiger partial charge in [-0.05, 0) is 11.4 Å². The van der Waals surface area contributed by atoms with Crippen LogP contribution in [0.5, 0.6) is 0 Å². The van der Waals surface area contributed by atoms with Crippen LogP contribution >= 0.6 is 11.3 Å². The van der Waals surface area contributed by atoms with E-state index in [9.17, 15) is 22.8 Å². The first-order valence-corrected chi connectivity index (χ1v) is 6.90. The highest BCUT2D eigenvalue weighted by Crippen LogP contribution is 2.22. The van der Waals surface area contributed by atoms with Crippen LogP contribution in [0.1, 0.15) is 24.3 Å². The van der Waals surface area contributed by atoms with Gasteiger partial charge in [-0.1, -0.05) is 6.07 Å². The summed E-state index contributed by atoms with van der Waals surface area (Å²) in [5, 5.41) is 15.1. The Labute approximate surface area is 123 Å². The molecular formula is C12H15F3N2O3S. The molecule has 2 amide bonds. The van der Waals surface area contributed by atoms with Crippen molar-refractivity contribution in [3.05, 3.63) is 22.4 Å². The van der Waals surface area contributed by atoms with E-state index in [1.165, 1.54) is 18.3 Å². The van der Waals surface area contributed by atoms with Crippen molar-refractivity contribution in [1.82, 2.24) is 10.6 Å². The molecule has 0 radical (unpaired) electrons. The molecule has 21 heavy (non-hydrogen) atoms. The van der Waals surface area contributed by atoms with Gasteiger partial charge >= 0.3 is 6.18 Å². The minimum Gasteiger partial charge on any atom is -0.382 e. The molecule has 5 nitrogen and oxygen atoms in total. The Kier molecular flexibility index (Phi) is 6.16. The normalized spacial score (nSPS) is 14.3. The number of hydrogen-bond acceptors (Lipinski definition) is 4. The molecule has 1 aromatic rings. The van der Waals surface area contributed by atoms with Crippen LogP contribution in [0.3, 0.4) is 0 Å². The van der Waals surface area contributed by atoms with Gasteiger partial charge in [0.05, 0.1) is 19.0 Å². The molecule has 0 spiro atoms. The van der Waals surface area contributed by atoms with Crippen molar-refractivity contribution >= 4 is 23.2 Å². The smallest absolute Gasteiger partial charge is 0.382 e. The zero-order valence-electron chi connectivity index (χ0n) is 11.1. The average molecular weight is 324 g/mol. The Morgan fingerprint density at radius 2 is 2.10 bits per heavy atom. The van der Waals surface area contributed by atoms with Gasteiger partial charge in [-0.15, -0.1) is 11.3 Å². The van der Waals surface area contributed by atoms with Crippen LogP contribution in [0.4, 0.5) is 13.2 Å². The molecule has 1 rings (SSSR count). The van der Waals surface area contributed by atoms with Crippen LogP contribution < -0.4 is 10.6 Å². The summed E-state index contributed by atoms with van der Waals surface area (Å²) < 4.78 is 36.3. The lowest BCUT2D eigenvalue weighted by atomic mass is 10.1. The third-order valence-electron chi connectivity index (χ3n) is 2.52. The van der Waals surface area contributed by atoms with Crippen molar-refractivity contribution < 1.29 is 27.9 Å². The van der Waals surface area contributed by atoms with Crippen LogP contribution in [0.2, 0.25) is 0 Å². The van der Waals surface area contributed by atoms with Gasteiger partial charge in [0.2, 0.25) is 11.8 Å². The first-order chi connectivity index (χ1) is 9.70. The number of halogens is 3. The maximum Gasteiger partial charge on any atom is 0.416 e. The van der Waals surface area contributed by atoms with E-state index in [1.807, 2.05) is 5.32 Å². The average Bonchev–Trinajstić information content (AvgIpc) is 2.87. The lowest BCUT2D eigenvalue weighted by molar-refractivity contribution is -0.201. The second-order valence-corrected chi connectivity index (χ2v) is 5.31. The van der Waals surface area contributed by atoms with E-state index in [0.717, 1.165) is 4.88 Å². The van der Waals surface area contributed by atoms with Gasteiger partial charge in [0.1, 0.15) is 0 Å². The molecule has 0 aliphatic heterocycles. The second-order valence-electron chi connectivity index (χ2n) is 4.33. The third kappa shape index (κ3) is 6.13. The standard InChI is InChI=1S/C12H15F3N2O3S/c1-7(18)17-8(9-3-2-4-21-9)5-11(20)16-6-10(19)12(13,14)15/h2-4,8,10,19H,5-6H2,1H3,(H,16,20)(H,17,18). The van der Waals surface area contributed by atoms with Gasteiger partial charge in [-0.25, -0.2) is 0 Å². The van der Waals surface area contributed by atoms with Crippen LogP contribution in [0, 0.1) is 0 Å². The number of amides is 2. The van der Waals surface area contributed by atoms with Gasteiger partial charge in [0.15, 0.2) is 6.10 Å². The number of carbonyl (C=O) groups excluding carboxylic acids is 2. The Hall–Kier alpha value is -1.61. The number of aliphatic hydroxyl groups is 1. The van der Waals surface area contributed by atoms with E-state index in [1.54, 1.807) is 17.5 Å². The van der Waals surface area contributed by atoms with Crippen LogP contribution in [0.25, 0.3) is 0 Å². The Morgan fingerprint density at radius 1 is 1.43 bits per heavy atom. The molecule has 3 N–H and O–H groups in total. The quantitative estimate of drug-likeness (QED) is 0.739. The molecule has 0 saturated carbocycles. The first kappa shape index (κ1) is 17.4. The third-order valence-corrected chi connectivity index (χ3v) is 3.51. The van der Waals surface area contributed by atoms with Gasteiger partial charge in [-0.3, -0.25) is 9.59 Å². The topological polar surface area (TPSA) is 78.4 Å². The summed E-state index contributed by atoms with van der Waals surface area (Å²) >= 11 is 1.32. The lowest BCUT2D eigenvalue weighted by Gasteiger charge is -2.18. The van der Waals surface area contributed by atoms with E-state index in [0.29, 0.717) is 0 Å². The molecule has 0 aromatic carbocycles. The summed E-state index contributed by atoms with van der Waals surface area (Å²) in [5.41, 5.74) is 0. The summed E-state index contributed by atoms with van der Waals surface area (Å²) in [5.74, 6) is -1.04. The first-order valence-electron chi connectivity index (χ1n) is 6.02. The van der Waals surface area contributed by atoms with Gasteiger partial charge in [0, 0.05) is 11.8 Å². The summed E-state index contributed by atoms with van der Waals surface area (Å²) in [6, 6.07) is 2.84. The zero-order valence-corrected chi connectivity index (χ0v) is 11.9.